The van der Waals surface area contributed by atoms with Crippen LogP contribution in [0, 0.1) is 0 Å². The number of amidine groups is 1. The van der Waals surface area contributed by atoms with Crippen LogP contribution >= 0.6 is 0 Å². The fourth-order valence-corrected chi connectivity index (χ4v) is 2.27. The molecule has 0 bridgehead atoms. The molecule has 3 rings (SSSR count). The fourth-order valence-electron chi connectivity index (χ4n) is 2.27. The molecule has 0 saturated heterocycles. The van der Waals surface area contributed by atoms with Crippen LogP contribution in [0.5, 0.6) is 0 Å². The van der Waals surface area contributed by atoms with Crippen molar-refractivity contribution in [3.05, 3.63) is 48.3 Å². The minimum absolute atomic E-state index is 0.0717. The Labute approximate surface area is 116 Å². The van der Waals surface area contributed by atoms with Gasteiger partial charge in [-0.3, -0.25) is 9.69 Å². The SMILES string of the molecule is CC(=O)N1CC(N)N=C1c1ccnn1-c1ccccc1. The quantitative estimate of drug-likeness (QED) is 0.874. The van der Waals surface area contributed by atoms with E-state index in [-0.39, 0.29) is 12.1 Å². The predicted octanol–water partition coefficient (Wildman–Crippen LogP) is 0.766. The summed E-state index contributed by atoms with van der Waals surface area (Å²) in [4.78, 5) is 17.6. The van der Waals surface area contributed by atoms with Gasteiger partial charge in [0.1, 0.15) is 11.9 Å². The number of nitrogens with zero attached hydrogens (tertiary/aromatic N) is 4. The third-order valence-corrected chi connectivity index (χ3v) is 3.17. The topological polar surface area (TPSA) is 76.5 Å². The molecule has 0 saturated carbocycles. The Morgan fingerprint density at radius 3 is 2.75 bits per heavy atom. The van der Waals surface area contributed by atoms with Gasteiger partial charge in [-0.25, -0.2) is 9.67 Å². The largest absolute Gasteiger partial charge is 0.308 e. The molecule has 20 heavy (non-hydrogen) atoms. The molecule has 1 unspecified atom stereocenters. The van der Waals surface area contributed by atoms with Crippen LogP contribution in [0.15, 0.2) is 47.6 Å². The highest BCUT2D eigenvalue weighted by Crippen LogP contribution is 2.17. The number of hydrogen-bond acceptors (Lipinski definition) is 4. The van der Waals surface area contributed by atoms with Crippen LogP contribution in [0.2, 0.25) is 0 Å². The van der Waals surface area contributed by atoms with E-state index in [4.69, 9.17) is 5.73 Å². The van der Waals surface area contributed by atoms with Crippen LogP contribution in [0.1, 0.15) is 12.6 Å². The lowest BCUT2D eigenvalue weighted by atomic mass is 10.3. The first-order valence-corrected chi connectivity index (χ1v) is 6.38. The van der Waals surface area contributed by atoms with Gasteiger partial charge in [0.15, 0.2) is 5.84 Å². The highest BCUT2D eigenvalue weighted by Gasteiger charge is 2.29. The number of rotatable bonds is 2. The number of carbonyl (C=O) groups is 1. The second kappa shape index (κ2) is 4.90. The summed E-state index contributed by atoms with van der Waals surface area (Å²) in [5, 5.41) is 4.31. The van der Waals surface area contributed by atoms with Gasteiger partial charge < -0.3 is 5.73 Å². The third-order valence-electron chi connectivity index (χ3n) is 3.17. The van der Waals surface area contributed by atoms with E-state index in [2.05, 4.69) is 10.1 Å². The van der Waals surface area contributed by atoms with Crippen LogP contribution in [-0.2, 0) is 4.79 Å². The average molecular weight is 269 g/mol. The maximum atomic E-state index is 11.7. The maximum Gasteiger partial charge on any atom is 0.225 e. The summed E-state index contributed by atoms with van der Waals surface area (Å²) in [5.41, 5.74) is 7.52. The first-order chi connectivity index (χ1) is 9.66. The summed E-state index contributed by atoms with van der Waals surface area (Å²) in [6, 6.07) is 11.5. The Balaban J connectivity index is 2.06. The van der Waals surface area contributed by atoms with E-state index in [0.29, 0.717) is 12.4 Å². The number of nitrogens with two attached hydrogens (primary N) is 1. The fraction of sp³-hybridized carbons (Fsp3) is 0.214. The minimum atomic E-state index is -0.381. The van der Waals surface area contributed by atoms with Gasteiger partial charge >= 0.3 is 0 Å². The number of hydrogen-bond donors (Lipinski definition) is 1. The van der Waals surface area contributed by atoms with Crippen molar-refractivity contribution in [1.82, 2.24) is 14.7 Å². The minimum Gasteiger partial charge on any atom is -0.308 e. The molecule has 1 aromatic carbocycles. The first-order valence-electron chi connectivity index (χ1n) is 6.38. The second-order valence-electron chi connectivity index (χ2n) is 4.61. The van der Waals surface area contributed by atoms with Crippen LogP contribution < -0.4 is 5.73 Å². The highest BCUT2D eigenvalue weighted by atomic mass is 16.2. The van der Waals surface area contributed by atoms with Gasteiger partial charge in [0, 0.05) is 6.92 Å². The van der Waals surface area contributed by atoms with Crippen molar-refractivity contribution in [3.63, 3.8) is 0 Å². The predicted molar refractivity (Wildman–Crippen MR) is 75.5 cm³/mol. The number of amides is 1. The molecule has 0 radical (unpaired) electrons. The maximum absolute atomic E-state index is 11.7. The summed E-state index contributed by atoms with van der Waals surface area (Å²) in [6.07, 6.45) is 1.31. The van der Waals surface area contributed by atoms with Gasteiger partial charge in [-0.15, -0.1) is 0 Å². The zero-order valence-electron chi connectivity index (χ0n) is 11.1. The van der Waals surface area contributed by atoms with Gasteiger partial charge in [0.2, 0.25) is 5.91 Å². The monoisotopic (exact) mass is 269 g/mol. The molecule has 102 valence electrons. The van der Waals surface area contributed by atoms with Crippen molar-refractivity contribution in [2.75, 3.05) is 6.54 Å². The van der Waals surface area contributed by atoms with Crippen LogP contribution in [0.4, 0.5) is 0 Å². The van der Waals surface area contributed by atoms with Crippen molar-refractivity contribution in [2.24, 2.45) is 10.7 Å². The second-order valence-corrected chi connectivity index (χ2v) is 4.61. The molecule has 1 aliphatic rings. The third kappa shape index (κ3) is 2.10. The Bertz CT molecular complexity index is 661. The lowest BCUT2D eigenvalue weighted by Gasteiger charge is -2.17. The normalized spacial score (nSPS) is 18.2. The Hall–Kier alpha value is -2.47. The zero-order valence-corrected chi connectivity index (χ0v) is 11.1. The van der Waals surface area contributed by atoms with E-state index in [0.717, 1.165) is 11.4 Å². The standard InChI is InChI=1S/C14H15N5O/c1-10(20)18-9-13(15)17-14(18)12-7-8-16-19(12)11-5-3-2-4-6-11/h2-8,13H,9,15H2,1H3. The zero-order chi connectivity index (χ0) is 14.1. The molecule has 1 atom stereocenters. The summed E-state index contributed by atoms with van der Waals surface area (Å²) in [6.45, 7) is 1.92. The van der Waals surface area contributed by atoms with Gasteiger partial charge in [0.05, 0.1) is 18.4 Å². The molecule has 2 aromatic rings. The van der Waals surface area contributed by atoms with Crippen molar-refractivity contribution in [1.29, 1.82) is 0 Å². The molecule has 1 aliphatic heterocycles. The number of carbonyl (C=O) groups excluding carboxylic acids is 1. The Morgan fingerprint density at radius 2 is 2.05 bits per heavy atom. The molecule has 0 spiro atoms. The molecule has 0 aliphatic carbocycles. The van der Waals surface area contributed by atoms with Gasteiger partial charge in [-0.2, -0.15) is 5.10 Å². The van der Waals surface area contributed by atoms with Gasteiger partial charge in [-0.1, -0.05) is 18.2 Å². The molecule has 2 heterocycles. The summed E-state index contributed by atoms with van der Waals surface area (Å²) < 4.78 is 1.76. The van der Waals surface area contributed by atoms with Crippen molar-refractivity contribution >= 4 is 11.7 Å². The van der Waals surface area contributed by atoms with E-state index in [1.54, 1.807) is 15.8 Å². The van der Waals surface area contributed by atoms with E-state index < -0.39 is 0 Å². The molecule has 0 fully saturated rings. The van der Waals surface area contributed by atoms with Crippen molar-refractivity contribution in [3.8, 4) is 5.69 Å². The number of benzene rings is 1. The summed E-state index contributed by atoms with van der Waals surface area (Å²) in [5.74, 6) is 0.504. The van der Waals surface area contributed by atoms with Crippen molar-refractivity contribution in [2.45, 2.75) is 13.1 Å². The first kappa shape index (κ1) is 12.6. The molecule has 1 amide bonds. The van der Waals surface area contributed by atoms with E-state index in [9.17, 15) is 4.79 Å². The molecular formula is C14H15N5O. The summed E-state index contributed by atoms with van der Waals surface area (Å²) in [7, 11) is 0. The molecule has 6 heteroatoms. The van der Waals surface area contributed by atoms with Crippen molar-refractivity contribution < 1.29 is 4.79 Å². The lowest BCUT2D eigenvalue weighted by Crippen LogP contribution is -2.36. The van der Waals surface area contributed by atoms with Gasteiger partial charge in [-0.05, 0) is 18.2 Å². The van der Waals surface area contributed by atoms with Gasteiger partial charge in [0.25, 0.3) is 0 Å². The number of aromatic nitrogens is 2. The number of para-hydroxylation sites is 1. The van der Waals surface area contributed by atoms with Crippen LogP contribution in [0.3, 0.4) is 0 Å². The number of aliphatic imine (C=N–C) groups is 1. The Morgan fingerprint density at radius 1 is 1.30 bits per heavy atom. The molecule has 1 aromatic heterocycles. The molecule has 6 nitrogen and oxygen atoms in total. The van der Waals surface area contributed by atoms with E-state index in [1.165, 1.54) is 6.92 Å². The lowest BCUT2D eigenvalue weighted by molar-refractivity contribution is -0.124. The Kier molecular flexibility index (Phi) is 3.08. The highest BCUT2D eigenvalue weighted by molar-refractivity contribution is 6.07. The molecule has 2 N–H and O–H groups in total. The van der Waals surface area contributed by atoms with E-state index in [1.807, 2.05) is 36.4 Å². The van der Waals surface area contributed by atoms with Crippen LogP contribution in [0.25, 0.3) is 5.69 Å². The van der Waals surface area contributed by atoms with E-state index >= 15 is 0 Å². The molecular weight excluding hydrogens is 254 g/mol. The summed E-state index contributed by atoms with van der Waals surface area (Å²) >= 11 is 0. The smallest absolute Gasteiger partial charge is 0.225 e. The van der Waals surface area contributed by atoms with Crippen LogP contribution in [-0.4, -0.2) is 39.1 Å². The average Bonchev–Trinajstić information content (AvgIpc) is 3.05.